The van der Waals surface area contributed by atoms with Crippen molar-refractivity contribution in [3.63, 3.8) is 0 Å². The van der Waals surface area contributed by atoms with E-state index in [0.717, 1.165) is 0 Å². The van der Waals surface area contributed by atoms with Crippen molar-refractivity contribution in [2.24, 2.45) is 0 Å². The molecule has 190 valence electrons. The summed E-state index contributed by atoms with van der Waals surface area (Å²) in [5.74, 6) is 0. The summed E-state index contributed by atoms with van der Waals surface area (Å²) < 4.78 is 0. The van der Waals surface area contributed by atoms with Gasteiger partial charge < -0.3 is 0 Å². The van der Waals surface area contributed by atoms with Gasteiger partial charge in [-0.2, -0.15) is 0 Å². The van der Waals surface area contributed by atoms with E-state index in [2.05, 4.69) is 36.4 Å². The molecule has 0 radical (unpaired) electrons. The predicted octanol–water partition coefficient (Wildman–Crippen LogP) is 11.4. The molecule has 0 aliphatic heterocycles. The fourth-order valence-corrected chi connectivity index (χ4v) is 5.92. The molecule has 1 aromatic carbocycles. The summed E-state index contributed by atoms with van der Waals surface area (Å²) in [4.78, 5) is 0. The minimum Gasteiger partial charge on any atom is -0.0839 e. The Morgan fingerprint density at radius 3 is 1.15 bits per heavy atom. The summed E-state index contributed by atoms with van der Waals surface area (Å²) >= 11 is 0. The number of benzene rings is 1. The monoisotopic (exact) mass is 462 g/mol. The molecule has 0 amide bonds. The first-order valence-corrected chi connectivity index (χ1v) is 15.4. The number of hydrogen-bond donors (Lipinski definition) is 0. The van der Waals surface area contributed by atoms with Gasteiger partial charge >= 0.3 is 0 Å². The molecule has 34 heavy (non-hydrogen) atoms. The van der Waals surface area contributed by atoms with Crippen LogP contribution in [0.25, 0.3) is 12.2 Å². The van der Waals surface area contributed by atoms with Crippen LogP contribution in [0.3, 0.4) is 0 Å². The van der Waals surface area contributed by atoms with Crippen molar-refractivity contribution in [3.8, 4) is 0 Å². The minimum absolute atomic E-state index is 1.24. The summed E-state index contributed by atoms with van der Waals surface area (Å²) in [5, 5.41) is 0. The number of rotatable bonds is 0. The van der Waals surface area contributed by atoms with Crippen LogP contribution >= 0.6 is 0 Å². The van der Waals surface area contributed by atoms with Gasteiger partial charge in [0, 0.05) is 0 Å². The molecule has 0 nitrogen and oxygen atoms in total. The summed E-state index contributed by atoms with van der Waals surface area (Å²) in [6.07, 6.45) is 43.3. The fraction of sp³-hybridized carbons (Fsp3) is 0.706. The van der Waals surface area contributed by atoms with E-state index in [9.17, 15) is 0 Å². The molecule has 0 aromatic heterocycles. The molecule has 0 atom stereocenters. The molecule has 4 rings (SSSR count). The van der Waals surface area contributed by atoms with Crippen LogP contribution in [0.5, 0.6) is 0 Å². The van der Waals surface area contributed by atoms with E-state index in [0.29, 0.717) is 0 Å². The first kappa shape index (κ1) is 27.3. The normalized spacial score (nSPS) is 23.3. The highest BCUT2D eigenvalue weighted by molar-refractivity contribution is 5.65. The van der Waals surface area contributed by atoms with Crippen molar-refractivity contribution in [1.29, 1.82) is 0 Å². The summed E-state index contributed by atoms with van der Waals surface area (Å²) in [6, 6.07) is 5.11. The topological polar surface area (TPSA) is 0 Å². The summed E-state index contributed by atoms with van der Waals surface area (Å²) in [7, 11) is 0. The lowest BCUT2D eigenvalue weighted by molar-refractivity contribution is 0.540. The Kier molecular flexibility index (Phi) is 14.5. The lowest BCUT2D eigenvalue weighted by atomic mass is 9.90. The number of allylic oxidation sites excluding steroid dienone is 2. The average molecular weight is 463 g/mol. The maximum absolute atomic E-state index is 2.56. The van der Waals surface area contributed by atoms with Crippen molar-refractivity contribution in [1.82, 2.24) is 0 Å². The molecule has 0 saturated carbocycles. The van der Waals surface area contributed by atoms with E-state index in [1.807, 2.05) is 0 Å². The Balaban J connectivity index is 1.79. The Labute approximate surface area is 212 Å². The molecule has 0 saturated heterocycles. The predicted molar refractivity (Wildman–Crippen MR) is 153 cm³/mol. The van der Waals surface area contributed by atoms with E-state index >= 15 is 0 Å². The molecular weight excluding hydrogens is 408 g/mol. The Morgan fingerprint density at radius 2 is 0.706 bits per heavy atom. The summed E-state index contributed by atoms with van der Waals surface area (Å²) in [5.41, 5.74) is 6.26. The highest BCUT2D eigenvalue weighted by atomic mass is 14.1. The largest absolute Gasteiger partial charge is 0.0839 e. The van der Waals surface area contributed by atoms with Gasteiger partial charge in [-0.3, -0.25) is 0 Å². The number of fused-ring (bicyclic) bond motifs is 13. The third-order valence-electron chi connectivity index (χ3n) is 8.11. The van der Waals surface area contributed by atoms with Gasteiger partial charge in [-0.05, 0) is 73.6 Å². The number of aryl methyl sites for hydroxylation is 1. The van der Waals surface area contributed by atoms with Gasteiger partial charge in [0.1, 0.15) is 0 Å². The Hall–Kier alpha value is -1.30. The maximum atomic E-state index is 2.56. The van der Waals surface area contributed by atoms with Crippen LogP contribution in [0, 0.1) is 0 Å². The zero-order valence-electron chi connectivity index (χ0n) is 22.4. The highest BCUT2D eigenvalue weighted by Gasteiger charge is 2.09. The molecule has 1 aromatic rings. The van der Waals surface area contributed by atoms with Gasteiger partial charge in [-0.25, -0.2) is 0 Å². The van der Waals surface area contributed by atoms with Crippen LogP contribution in [-0.2, 0) is 12.8 Å². The second-order valence-electron chi connectivity index (χ2n) is 11.2. The molecule has 3 aliphatic rings. The third-order valence-corrected chi connectivity index (χ3v) is 8.11. The van der Waals surface area contributed by atoms with Crippen molar-refractivity contribution in [2.45, 2.75) is 154 Å². The molecule has 0 spiro atoms. The third kappa shape index (κ3) is 11.4. The SMILES string of the molecule is C1=C/c2cc3cc(c2CCCCCCCCCCCCCC3)/C=C/CCCCCCCCCC/1. The van der Waals surface area contributed by atoms with Gasteiger partial charge in [0.25, 0.3) is 0 Å². The smallest absolute Gasteiger partial charge is 0.0219 e. The van der Waals surface area contributed by atoms with Crippen molar-refractivity contribution >= 4 is 12.2 Å². The zero-order valence-corrected chi connectivity index (χ0v) is 22.4. The van der Waals surface area contributed by atoms with Crippen LogP contribution in [-0.4, -0.2) is 0 Å². The number of hydrogen-bond acceptors (Lipinski definition) is 0. The molecule has 0 heteroatoms. The molecule has 0 heterocycles. The van der Waals surface area contributed by atoms with Gasteiger partial charge in [-0.1, -0.05) is 139 Å². The lowest BCUT2D eigenvalue weighted by Crippen LogP contribution is -1.99. The van der Waals surface area contributed by atoms with Crippen molar-refractivity contribution < 1.29 is 0 Å². The fourth-order valence-electron chi connectivity index (χ4n) is 5.92. The van der Waals surface area contributed by atoms with E-state index in [1.165, 1.54) is 165 Å². The van der Waals surface area contributed by atoms with E-state index < -0.39 is 0 Å². The van der Waals surface area contributed by atoms with Crippen LogP contribution in [0.4, 0.5) is 0 Å². The van der Waals surface area contributed by atoms with Crippen LogP contribution < -0.4 is 0 Å². The Morgan fingerprint density at radius 1 is 0.353 bits per heavy atom. The molecular formula is C34H54. The van der Waals surface area contributed by atoms with Gasteiger partial charge in [-0.15, -0.1) is 0 Å². The van der Waals surface area contributed by atoms with Crippen LogP contribution in [0.15, 0.2) is 24.3 Å². The second kappa shape index (κ2) is 18.0. The average Bonchev–Trinajstić information content (AvgIpc) is 2.84. The second-order valence-corrected chi connectivity index (χ2v) is 11.2. The van der Waals surface area contributed by atoms with Crippen LogP contribution in [0.2, 0.25) is 0 Å². The maximum Gasteiger partial charge on any atom is -0.0219 e. The molecule has 3 aliphatic carbocycles. The van der Waals surface area contributed by atoms with Gasteiger partial charge in [0.05, 0.1) is 0 Å². The van der Waals surface area contributed by atoms with Crippen molar-refractivity contribution in [3.05, 3.63) is 46.5 Å². The van der Waals surface area contributed by atoms with E-state index in [4.69, 9.17) is 0 Å². The molecule has 0 unspecified atom stereocenters. The molecule has 0 N–H and O–H groups in total. The first-order chi connectivity index (χ1) is 16.9. The van der Waals surface area contributed by atoms with Gasteiger partial charge in [0.15, 0.2) is 0 Å². The Bertz CT molecular complexity index is 664. The lowest BCUT2D eigenvalue weighted by Gasteiger charge is -2.15. The standard InChI is InChI=1S/C34H54/c1-4-8-12-16-20-24-28-34-32-26-22-18-14-10-6-2-3-7-11-15-19-23-27-33(34)30-31(29-32)25-21-17-13-9-5-1/h22-23,26-27,29-30H,1-21,24-25,28H2/b26-22+,27-23+. The summed E-state index contributed by atoms with van der Waals surface area (Å²) in [6.45, 7) is 0. The van der Waals surface area contributed by atoms with E-state index in [1.54, 1.807) is 11.1 Å². The molecule has 4 bridgehead atoms. The zero-order chi connectivity index (χ0) is 23.5. The van der Waals surface area contributed by atoms with Gasteiger partial charge in [0.2, 0.25) is 0 Å². The minimum atomic E-state index is 1.24. The van der Waals surface area contributed by atoms with E-state index in [-0.39, 0.29) is 0 Å². The molecule has 0 fully saturated rings. The quantitative estimate of drug-likeness (QED) is 0.359. The first-order valence-electron chi connectivity index (χ1n) is 15.4. The van der Waals surface area contributed by atoms with Crippen LogP contribution in [0.1, 0.15) is 164 Å². The highest BCUT2D eigenvalue weighted by Crippen LogP contribution is 2.26. The van der Waals surface area contributed by atoms with Crippen molar-refractivity contribution in [2.75, 3.05) is 0 Å².